The number of carbonyl (C=O) groups excluding carboxylic acids is 1. The van der Waals surface area contributed by atoms with Gasteiger partial charge < -0.3 is 0 Å². The third kappa shape index (κ3) is 3.01. The van der Waals surface area contributed by atoms with E-state index in [0.29, 0.717) is 5.56 Å². The third-order valence-electron chi connectivity index (χ3n) is 2.81. The molecule has 2 rings (SSSR count). The van der Waals surface area contributed by atoms with Gasteiger partial charge in [0, 0.05) is 11.6 Å². The first-order valence-electron chi connectivity index (χ1n) is 5.90. The highest BCUT2D eigenvalue weighted by Gasteiger charge is 2.16. The summed E-state index contributed by atoms with van der Waals surface area (Å²) in [5, 5.41) is 19.6. The summed E-state index contributed by atoms with van der Waals surface area (Å²) in [5.74, 6) is -0.373. The molecule has 1 aromatic carbocycles. The van der Waals surface area contributed by atoms with Crippen molar-refractivity contribution in [2.75, 3.05) is 0 Å². The Bertz CT molecular complexity index is 803. The van der Waals surface area contributed by atoms with Crippen molar-refractivity contribution in [1.82, 2.24) is 4.57 Å². The summed E-state index contributed by atoms with van der Waals surface area (Å²) in [7, 11) is 0. The van der Waals surface area contributed by atoms with Gasteiger partial charge in [-0.3, -0.25) is 24.3 Å². The van der Waals surface area contributed by atoms with Gasteiger partial charge in [0.2, 0.25) is 0 Å². The first kappa shape index (κ1) is 14.1. The number of aromatic nitrogens is 1. The molecule has 0 aliphatic rings. The number of nitro groups is 1. The highest BCUT2D eigenvalue weighted by atomic mass is 16.6. The molecular weight excluding hydrogens is 274 g/mol. The Morgan fingerprint density at radius 3 is 2.57 bits per heavy atom. The zero-order chi connectivity index (χ0) is 15.4. The van der Waals surface area contributed by atoms with Crippen LogP contribution in [0, 0.1) is 21.4 Å². The van der Waals surface area contributed by atoms with E-state index in [1.54, 1.807) is 36.4 Å². The van der Waals surface area contributed by atoms with E-state index < -0.39 is 16.2 Å². The molecule has 0 saturated heterocycles. The van der Waals surface area contributed by atoms with Gasteiger partial charge in [-0.15, -0.1) is 0 Å². The average molecular weight is 283 g/mol. The van der Waals surface area contributed by atoms with Crippen LogP contribution in [-0.4, -0.2) is 15.3 Å². The Morgan fingerprint density at radius 1 is 1.33 bits per heavy atom. The smallest absolute Gasteiger partial charge is 0.287 e. The van der Waals surface area contributed by atoms with Gasteiger partial charge in [0.15, 0.2) is 5.78 Å². The van der Waals surface area contributed by atoms with Crippen LogP contribution in [0.1, 0.15) is 15.9 Å². The molecule has 0 unspecified atom stereocenters. The molecule has 0 bridgehead atoms. The number of carbonyl (C=O) groups is 1. The van der Waals surface area contributed by atoms with E-state index in [2.05, 4.69) is 0 Å². The van der Waals surface area contributed by atoms with Crippen LogP contribution in [0.25, 0.3) is 0 Å². The lowest BCUT2D eigenvalue weighted by Gasteiger charge is -2.05. The molecule has 21 heavy (non-hydrogen) atoms. The number of Topliss-reactive ketones (excluding diaryl/α,β-unsaturated/α-hetero) is 1. The second-order valence-electron chi connectivity index (χ2n) is 4.20. The Labute approximate surface area is 118 Å². The highest BCUT2D eigenvalue weighted by Crippen LogP contribution is 2.10. The maximum Gasteiger partial charge on any atom is 0.287 e. The predicted octanol–water partition coefficient (Wildman–Crippen LogP) is 1.51. The van der Waals surface area contributed by atoms with Crippen molar-refractivity contribution in [3.05, 3.63) is 74.2 Å². The first-order valence-corrected chi connectivity index (χ1v) is 5.90. The molecule has 0 spiro atoms. The summed E-state index contributed by atoms with van der Waals surface area (Å²) in [6, 6.07) is 10.7. The molecule has 0 fully saturated rings. The fourth-order valence-electron chi connectivity index (χ4n) is 1.79. The van der Waals surface area contributed by atoms with Crippen LogP contribution in [0.5, 0.6) is 0 Å². The van der Waals surface area contributed by atoms with Gasteiger partial charge in [0.25, 0.3) is 11.2 Å². The molecule has 0 saturated carbocycles. The van der Waals surface area contributed by atoms with Gasteiger partial charge in [0.1, 0.15) is 11.6 Å². The van der Waals surface area contributed by atoms with E-state index in [1.807, 2.05) is 0 Å². The largest absolute Gasteiger partial charge is 0.300 e. The van der Waals surface area contributed by atoms with Gasteiger partial charge in [-0.05, 0) is 0 Å². The lowest BCUT2D eigenvalue weighted by Crippen LogP contribution is -2.26. The quantitative estimate of drug-likeness (QED) is 0.480. The fourth-order valence-corrected chi connectivity index (χ4v) is 1.79. The summed E-state index contributed by atoms with van der Waals surface area (Å²) >= 11 is 0. The first-order chi connectivity index (χ1) is 10.0. The number of nitriles is 1. The van der Waals surface area contributed by atoms with Crippen LogP contribution in [0.2, 0.25) is 0 Å². The van der Waals surface area contributed by atoms with Crippen molar-refractivity contribution in [2.45, 2.75) is 6.54 Å². The number of ketones is 1. The Morgan fingerprint density at radius 2 is 2.00 bits per heavy atom. The van der Waals surface area contributed by atoms with Crippen molar-refractivity contribution in [1.29, 1.82) is 5.26 Å². The Kier molecular flexibility index (Phi) is 3.90. The molecule has 0 radical (unpaired) electrons. The maximum absolute atomic E-state index is 12.0. The van der Waals surface area contributed by atoms with Crippen molar-refractivity contribution < 1.29 is 9.72 Å². The summed E-state index contributed by atoms with van der Waals surface area (Å²) in [6.07, 6.45) is 0.962. The zero-order valence-electron chi connectivity index (χ0n) is 10.7. The third-order valence-corrected chi connectivity index (χ3v) is 2.81. The molecule has 0 atom stereocenters. The second kappa shape index (κ2) is 5.79. The number of benzene rings is 1. The van der Waals surface area contributed by atoms with E-state index in [4.69, 9.17) is 5.26 Å². The monoisotopic (exact) mass is 283 g/mol. The lowest BCUT2D eigenvalue weighted by atomic mass is 10.1. The number of hydrogen-bond acceptors (Lipinski definition) is 5. The van der Waals surface area contributed by atoms with Crippen molar-refractivity contribution in [3.63, 3.8) is 0 Å². The van der Waals surface area contributed by atoms with E-state index in [0.717, 1.165) is 16.8 Å². The number of nitrogens with zero attached hydrogens (tertiary/aromatic N) is 3. The van der Waals surface area contributed by atoms with E-state index >= 15 is 0 Å². The zero-order valence-corrected chi connectivity index (χ0v) is 10.7. The standard InChI is InChI=1S/C14H9N3O4/c15-7-11-6-12(17(20)21)8-16(14(11)19)9-13(18)10-4-2-1-3-5-10/h1-6,8H,9H2. The van der Waals surface area contributed by atoms with Crippen LogP contribution in [-0.2, 0) is 6.54 Å². The van der Waals surface area contributed by atoms with Crippen LogP contribution in [0.4, 0.5) is 5.69 Å². The molecule has 2 aromatic rings. The SMILES string of the molecule is N#Cc1cc([N+](=O)[O-])cn(CC(=O)c2ccccc2)c1=O. The van der Waals surface area contributed by atoms with Crippen molar-refractivity contribution in [3.8, 4) is 6.07 Å². The van der Waals surface area contributed by atoms with Gasteiger partial charge >= 0.3 is 0 Å². The fraction of sp³-hybridized carbons (Fsp3) is 0.0714. The Balaban J connectivity index is 2.43. The summed E-state index contributed by atoms with van der Waals surface area (Å²) in [6.45, 7) is -0.362. The van der Waals surface area contributed by atoms with Crippen LogP contribution >= 0.6 is 0 Å². The van der Waals surface area contributed by atoms with E-state index in [9.17, 15) is 19.7 Å². The van der Waals surface area contributed by atoms with Crippen LogP contribution in [0.3, 0.4) is 0 Å². The molecule has 0 amide bonds. The van der Waals surface area contributed by atoms with Crippen LogP contribution in [0.15, 0.2) is 47.4 Å². The molecule has 104 valence electrons. The highest BCUT2D eigenvalue weighted by molar-refractivity contribution is 5.95. The molecule has 0 N–H and O–H groups in total. The van der Waals surface area contributed by atoms with E-state index in [1.165, 1.54) is 0 Å². The predicted molar refractivity (Wildman–Crippen MR) is 72.8 cm³/mol. The molecular formula is C14H9N3O4. The topological polar surface area (TPSA) is 106 Å². The number of pyridine rings is 1. The summed E-state index contributed by atoms with van der Waals surface area (Å²) in [5.41, 5.74) is -1.13. The minimum Gasteiger partial charge on any atom is -0.300 e. The van der Waals surface area contributed by atoms with Gasteiger partial charge in [0.05, 0.1) is 17.7 Å². The minimum atomic E-state index is -0.729. The Hall–Kier alpha value is -3.27. The second-order valence-corrected chi connectivity index (χ2v) is 4.20. The molecule has 7 heteroatoms. The molecule has 7 nitrogen and oxygen atoms in total. The molecule has 1 heterocycles. The molecule has 0 aliphatic heterocycles. The average Bonchev–Trinajstić information content (AvgIpc) is 2.49. The van der Waals surface area contributed by atoms with Gasteiger partial charge in [-0.1, -0.05) is 30.3 Å². The van der Waals surface area contributed by atoms with E-state index in [-0.39, 0.29) is 17.9 Å². The van der Waals surface area contributed by atoms with Crippen molar-refractivity contribution in [2.24, 2.45) is 0 Å². The lowest BCUT2D eigenvalue weighted by molar-refractivity contribution is -0.385. The number of rotatable bonds is 4. The van der Waals surface area contributed by atoms with Gasteiger partial charge in [-0.25, -0.2) is 0 Å². The maximum atomic E-state index is 12.0. The van der Waals surface area contributed by atoms with Crippen molar-refractivity contribution >= 4 is 11.5 Å². The molecule has 1 aromatic heterocycles. The minimum absolute atomic E-state index is 0.362. The number of hydrogen-bond donors (Lipinski definition) is 0. The normalized spacial score (nSPS) is 9.86. The summed E-state index contributed by atoms with van der Waals surface area (Å²) < 4.78 is 0.881. The van der Waals surface area contributed by atoms with Crippen LogP contribution < -0.4 is 5.56 Å². The molecule has 0 aliphatic carbocycles. The summed E-state index contributed by atoms with van der Waals surface area (Å²) in [4.78, 5) is 34.0. The van der Waals surface area contributed by atoms with Gasteiger partial charge in [-0.2, -0.15) is 5.26 Å².